The van der Waals surface area contributed by atoms with Crippen molar-refractivity contribution < 1.29 is 23.1 Å². The van der Waals surface area contributed by atoms with Gasteiger partial charge >= 0.3 is 6.18 Å². The van der Waals surface area contributed by atoms with Crippen molar-refractivity contribution in [1.82, 2.24) is 5.32 Å². The van der Waals surface area contributed by atoms with E-state index in [1.807, 2.05) is 13.8 Å². The van der Waals surface area contributed by atoms with Crippen LogP contribution >= 0.6 is 0 Å². The van der Waals surface area contributed by atoms with Crippen molar-refractivity contribution >= 4 is 5.91 Å². The number of rotatable bonds is 3. The van der Waals surface area contributed by atoms with E-state index in [1.165, 1.54) is 0 Å². The molecule has 0 radical (unpaired) electrons. The van der Waals surface area contributed by atoms with Crippen molar-refractivity contribution in [1.29, 1.82) is 0 Å². The van der Waals surface area contributed by atoms with Crippen molar-refractivity contribution in [2.75, 3.05) is 6.54 Å². The summed E-state index contributed by atoms with van der Waals surface area (Å²) >= 11 is 0. The molecule has 2 unspecified atom stereocenters. The Labute approximate surface area is 105 Å². The third-order valence-electron chi connectivity index (χ3n) is 3.67. The first-order chi connectivity index (χ1) is 8.14. The Hall–Kier alpha value is -0.780. The van der Waals surface area contributed by atoms with E-state index in [0.717, 1.165) is 19.3 Å². The molecule has 0 spiro atoms. The fourth-order valence-corrected chi connectivity index (χ4v) is 2.42. The van der Waals surface area contributed by atoms with Gasteiger partial charge in [0.1, 0.15) is 0 Å². The standard InChI is InChI=1S/C12H20F3NO2/c1-11(2)6-4-3-5-8(11)10(18)16-7-9(17)12(13,14)15/h8-9,17H,3-7H2,1-2H3,(H,16,18). The van der Waals surface area contributed by atoms with Crippen LogP contribution in [0.25, 0.3) is 0 Å². The zero-order valence-electron chi connectivity index (χ0n) is 10.7. The predicted octanol–water partition coefficient (Wildman–Crippen LogP) is 2.24. The van der Waals surface area contributed by atoms with Gasteiger partial charge < -0.3 is 10.4 Å². The van der Waals surface area contributed by atoms with Gasteiger partial charge in [-0.15, -0.1) is 0 Å². The van der Waals surface area contributed by atoms with Gasteiger partial charge in [-0.2, -0.15) is 13.2 Å². The fourth-order valence-electron chi connectivity index (χ4n) is 2.42. The molecule has 0 heterocycles. The Morgan fingerprint density at radius 3 is 2.56 bits per heavy atom. The second-order valence-corrected chi connectivity index (χ2v) is 5.59. The quantitative estimate of drug-likeness (QED) is 0.824. The smallest absolute Gasteiger partial charge is 0.382 e. The van der Waals surface area contributed by atoms with Crippen LogP contribution in [0.4, 0.5) is 13.2 Å². The largest absolute Gasteiger partial charge is 0.416 e. The molecule has 3 nitrogen and oxygen atoms in total. The number of carbonyl (C=O) groups excluding carboxylic acids is 1. The van der Waals surface area contributed by atoms with Crippen LogP contribution in [-0.4, -0.2) is 29.8 Å². The molecule has 1 saturated carbocycles. The number of aliphatic hydroxyl groups excluding tert-OH is 1. The zero-order chi connectivity index (χ0) is 14.0. The molecule has 0 aromatic heterocycles. The minimum atomic E-state index is -4.69. The van der Waals surface area contributed by atoms with Gasteiger partial charge in [-0.25, -0.2) is 0 Å². The van der Waals surface area contributed by atoms with Crippen LogP contribution in [0, 0.1) is 11.3 Å². The van der Waals surface area contributed by atoms with Gasteiger partial charge in [0, 0.05) is 5.92 Å². The van der Waals surface area contributed by atoms with Crippen molar-refractivity contribution in [2.45, 2.75) is 51.8 Å². The molecule has 1 rings (SSSR count). The maximum absolute atomic E-state index is 12.1. The number of nitrogens with one attached hydrogen (secondary N) is 1. The Bertz CT molecular complexity index is 302. The Kier molecular flexibility index (Phi) is 4.64. The molecule has 6 heteroatoms. The molecule has 0 aliphatic heterocycles. The minimum Gasteiger partial charge on any atom is -0.382 e. The van der Waals surface area contributed by atoms with Crippen LogP contribution in [-0.2, 0) is 4.79 Å². The molecular weight excluding hydrogens is 247 g/mol. The first kappa shape index (κ1) is 15.3. The van der Waals surface area contributed by atoms with E-state index < -0.39 is 18.8 Å². The number of alkyl halides is 3. The monoisotopic (exact) mass is 267 g/mol. The maximum Gasteiger partial charge on any atom is 0.416 e. The molecule has 2 atom stereocenters. The van der Waals surface area contributed by atoms with Crippen molar-refractivity contribution in [3.63, 3.8) is 0 Å². The maximum atomic E-state index is 12.1. The number of carbonyl (C=O) groups is 1. The summed E-state index contributed by atoms with van der Waals surface area (Å²) in [7, 11) is 0. The summed E-state index contributed by atoms with van der Waals surface area (Å²) in [5.41, 5.74) is -0.189. The summed E-state index contributed by atoms with van der Waals surface area (Å²) in [6.07, 6.45) is -3.62. The van der Waals surface area contributed by atoms with Crippen molar-refractivity contribution in [2.24, 2.45) is 11.3 Å². The van der Waals surface area contributed by atoms with Crippen LogP contribution in [0.3, 0.4) is 0 Å². The van der Waals surface area contributed by atoms with Crippen LogP contribution < -0.4 is 5.32 Å². The van der Waals surface area contributed by atoms with E-state index in [4.69, 9.17) is 5.11 Å². The molecular formula is C12H20F3NO2. The van der Waals surface area contributed by atoms with E-state index in [-0.39, 0.29) is 17.2 Å². The van der Waals surface area contributed by atoms with Crippen LogP contribution in [0.15, 0.2) is 0 Å². The van der Waals surface area contributed by atoms with Gasteiger partial charge in [0.15, 0.2) is 6.10 Å². The van der Waals surface area contributed by atoms with E-state index >= 15 is 0 Å². The molecule has 1 aliphatic rings. The van der Waals surface area contributed by atoms with Gasteiger partial charge in [0.2, 0.25) is 5.91 Å². The molecule has 1 amide bonds. The Morgan fingerprint density at radius 2 is 2.06 bits per heavy atom. The minimum absolute atomic E-state index is 0.189. The zero-order valence-corrected chi connectivity index (χ0v) is 10.7. The van der Waals surface area contributed by atoms with Gasteiger partial charge in [0.25, 0.3) is 0 Å². The summed E-state index contributed by atoms with van der Waals surface area (Å²) < 4.78 is 36.3. The molecule has 0 saturated heterocycles. The van der Waals surface area contributed by atoms with E-state index in [2.05, 4.69) is 5.32 Å². The highest BCUT2D eigenvalue weighted by molar-refractivity contribution is 5.79. The van der Waals surface area contributed by atoms with E-state index in [0.29, 0.717) is 6.42 Å². The first-order valence-corrected chi connectivity index (χ1v) is 6.17. The summed E-state index contributed by atoms with van der Waals surface area (Å²) in [5.74, 6) is -0.658. The third kappa shape index (κ3) is 3.86. The summed E-state index contributed by atoms with van der Waals surface area (Å²) in [6, 6.07) is 0. The SMILES string of the molecule is CC1(C)CCCCC1C(=O)NCC(O)C(F)(F)F. The van der Waals surface area contributed by atoms with Crippen LogP contribution in [0.1, 0.15) is 39.5 Å². The normalized spacial score (nSPS) is 25.6. The van der Waals surface area contributed by atoms with Crippen molar-refractivity contribution in [3.8, 4) is 0 Å². The first-order valence-electron chi connectivity index (χ1n) is 6.17. The van der Waals surface area contributed by atoms with Gasteiger partial charge in [-0.3, -0.25) is 4.79 Å². The summed E-state index contributed by atoms with van der Waals surface area (Å²) in [4.78, 5) is 11.9. The lowest BCUT2D eigenvalue weighted by atomic mass is 9.68. The van der Waals surface area contributed by atoms with E-state index in [1.54, 1.807) is 0 Å². The lowest BCUT2D eigenvalue weighted by Crippen LogP contribution is -2.46. The average molecular weight is 267 g/mol. The van der Waals surface area contributed by atoms with Crippen LogP contribution in [0.2, 0.25) is 0 Å². The number of amides is 1. The molecule has 1 aliphatic carbocycles. The van der Waals surface area contributed by atoms with Gasteiger partial charge in [-0.05, 0) is 18.3 Å². The molecule has 0 aromatic carbocycles. The second-order valence-electron chi connectivity index (χ2n) is 5.59. The van der Waals surface area contributed by atoms with Crippen molar-refractivity contribution in [3.05, 3.63) is 0 Å². The molecule has 2 N–H and O–H groups in total. The third-order valence-corrected chi connectivity index (χ3v) is 3.67. The highest BCUT2D eigenvalue weighted by atomic mass is 19.4. The Morgan fingerprint density at radius 1 is 1.44 bits per heavy atom. The fraction of sp³-hybridized carbons (Fsp3) is 0.917. The van der Waals surface area contributed by atoms with Gasteiger partial charge in [-0.1, -0.05) is 26.7 Å². The molecule has 0 aromatic rings. The number of hydrogen-bond donors (Lipinski definition) is 2. The number of aliphatic hydroxyl groups is 1. The molecule has 1 fully saturated rings. The highest BCUT2D eigenvalue weighted by Gasteiger charge is 2.40. The lowest BCUT2D eigenvalue weighted by molar-refractivity contribution is -0.202. The molecule has 0 bridgehead atoms. The van der Waals surface area contributed by atoms with Gasteiger partial charge in [0.05, 0.1) is 6.54 Å². The Balaban J connectivity index is 2.50. The summed E-state index contributed by atoms with van der Waals surface area (Å²) in [5, 5.41) is 11.0. The number of hydrogen-bond acceptors (Lipinski definition) is 2. The number of halogens is 3. The highest BCUT2D eigenvalue weighted by Crippen LogP contribution is 2.40. The summed E-state index contributed by atoms with van der Waals surface area (Å²) in [6.45, 7) is 3.14. The van der Waals surface area contributed by atoms with Crippen LogP contribution in [0.5, 0.6) is 0 Å². The second kappa shape index (κ2) is 5.47. The molecule has 106 valence electrons. The average Bonchev–Trinajstić information content (AvgIpc) is 2.23. The topological polar surface area (TPSA) is 49.3 Å². The molecule has 18 heavy (non-hydrogen) atoms. The lowest BCUT2D eigenvalue weighted by Gasteiger charge is -2.37. The van der Waals surface area contributed by atoms with E-state index in [9.17, 15) is 18.0 Å². The predicted molar refractivity (Wildman–Crippen MR) is 60.8 cm³/mol.